The van der Waals surface area contributed by atoms with Crippen LogP contribution in [0.15, 0.2) is 45.3 Å². The molecule has 0 aliphatic carbocycles. The van der Waals surface area contributed by atoms with E-state index < -0.39 is 0 Å². The maximum atomic E-state index is 6.05. The van der Waals surface area contributed by atoms with E-state index in [1.54, 1.807) is 7.11 Å². The van der Waals surface area contributed by atoms with Crippen molar-refractivity contribution < 1.29 is 4.74 Å². The molecule has 1 N–H and O–H groups in total. The molecule has 0 saturated carbocycles. The van der Waals surface area contributed by atoms with Gasteiger partial charge < -0.3 is 10.1 Å². The normalized spacial score (nSPS) is 10.3. The molecule has 0 aliphatic rings. The molecule has 0 radical (unpaired) electrons. The number of halogens is 3. The fourth-order valence-electron chi connectivity index (χ4n) is 1.66. The number of hydrogen-bond donors (Lipinski definition) is 1. The summed E-state index contributed by atoms with van der Waals surface area (Å²) in [7, 11) is 1.65. The van der Waals surface area contributed by atoms with Crippen molar-refractivity contribution in [3.05, 3.63) is 55.9 Å². The summed E-state index contributed by atoms with van der Waals surface area (Å²) >= 11 is 13.0. The average Bonchev–Trinajstić information content (AvgIpc) is 2.40. The highest BCUT2D eigenvalue weighted by Crippen LogP contribution is 2.31. The van der Waals surface area contributed by atoms with Gasteiger partial charge in [-0.1, -0.05) is 23.7 Å². The Morgan fingerprint density at radius 2 is 2.00 bits per heavy atom. The standard InChI is InChI=1S/C14H12Br2ClNO/c1-19-13-6-5-9(7-10(13)15)8-18-12-4-2-3-11(17)14(12)16/h2-7,18H,8H2,1H3. The first kappa shape index (κ1) is 14.7. The predicted octanol–water partition coefficient (Wildman–Crippen LogP) is 5.49. The van der Waals surface area contributed by atoms with E-state index in [9.17, 15) is 0 Å². The first-order valence-corrected chi connectivity index (χ1v) is 7.58. The Hall–Kier alpha value is -0.710. The molecule has 0 heterocycles. The molecule has 2 nitrogen and oxygen atoms in total. The Labute approximate surface area is 134 Å². The van der Waals surface area contributed by atoms with E-state index >= 15 is 0 Å². The van der Waals surface area contributed by atoms with E-state index in [4.69, 9.17) is 16.3 Å². The van der Waals surface area contributed by atoms with Crippen LogP contribution in [-0.4, -0.2) is 7.11 Å². The summed E-state index contributed by atoms with van der Waals surface area (Å²) in [5.74, 6) is 0.827. The van der Waals surface area contributed by atoms with Gasteiger partial charge in [0.05, 0.1) is 26.8 Å². The van der Waals surface area contributed by atoms with E-state index in [0.29, 0.717) is 11.6 Å². The Morgan fingerprint density at radius 1 is 1.21 bits per heavy atom. The first-order chi connectivity index (χ1) is 9.11. The summed E-state index contributed by atoms with van der Waals surface area (Å²) in [6.45, 7) is 0.710. The van der Waals surface area contributed by atoms with Crippen LogP contribution in [0.2, 0.25) is 5.02 Å². The predicted molar refractivity (Wildman–Crippen MR) is 87.2 cm³/mol. The molecule has 0 saturated heterocycles. The molecule has 0 amide bonds. The monoisotopic (exact) mass is 403 g/mol. The van der Waals surface area contributed by atoms with Crippen molar-refractivity contribution in [2.24, 2.45) is 0 Å². The van der Waals surface area contributed by atoms with Gasteiger partial charge in [-0.3, -0.25) is 0 Å². The van der Waals surface area contributed by atoms with Crippen molar-refractivity contribution >= 4 is 49.1 Å². The quantitative estimate of drug-likeness (QED) is 0.727. The van der Waals surface area contributed by atoms with E-state index in [0.717, 1.165) is 25.9 Å². The molecule has 0 aromatic heterocycles. The van der Waals surface area contributed by atoms with Crippen LogP contribution in [0.5, 0.6) is 5.75 Å². The summed E-state index contributed by atoms with van der Waals surface area (Å²) < 4.78 is 7.03. The van der Waals surface area contributed by atoms with Gasteiger partial charge in [0.2, 0.25) is 0 Å². The van der Waals surface area contributed by atoms with E-state index in [1.165, 1.54) is 0 Å². The number of hydrogen-bond acceptors (Lipinski definition) is 2. The minimum Gasteiger partial charge on any atom is -0.496 e. The second-order valence-corrected chi connectivity index (χ2v) is 5.98. The fourth-order valence-corrected chi connectivity index (χ4v) is 2.82. The second kappa shape index (κ2) is 6.64. The Morgan fingerprint density at radius 3 is 2.68 bits per heavy atom. The van der Waals surface area contributed by atoms with Gasteiger partial charge in [-0.2, -0.15) is 0 Å². The SMILES string of the molecule is COc1ccc(CNc2cccc(Cl)c2Br)cc1Br. The molecule has 0 aliphatic heterocycles. The van der Waals surface area contributed by atoms with Gasteiger partial charge in [-0.25, -0.2) is 0 Å². The van der Waals surface area contributed by atoms with Gasteiger partial charge in [-0.15, -0.1) is 0 Å². The first-order valence-electron chi connectivity index (χ1n) is 5.62. The lowest BCUT2D eigenvalue weighted by Crippen LogP contribution is -2.00. The van der Waals surface area contributed by atoms with Crippen LogP contribution in [0.3, 0.4) is 0 Å². The summed E-state index contributed by atoms with van der Waals surface area (Å²) in [6.07, 6.45) is 0. The molecular formula is C14H12Br2ClNO. The molecule has 0 unspecified atom stereocenters. The van der Waals surface area contributed by atoms with Gasteiger partial charge in [0.15, 0.2) is 0 Å². The number of anilines is 1. The van der Waals surface area contributed by atoms with Gasteiger partial charge in [0, 0.05) is 6.54 Å². The number of ether oxygens (including phenoxy) is 1. The third-order valence-corrected chi connectivity index (χ3v) is 4.67. The molecule has 2 aromatic rings. The lowest BCUT2D eigenvalue weighted by molar-refractivity contribution is 0.412. The van der Waals surface area contributed by atoms with E-state index in [-0.39, 0.29) is 0 Å². The summed E-state index contributed by atoms with van der Waals surface area (Å²) in [6, 6.07) is 11.7. The van der Waals surface area contributed by atoms with Crippen molar-refractivity contribution in [3.63, 3.8) is 0 Å². The van der Waals surface area contributed by atoms with Crippen LogP contribution in [0, 0.1) is 0 Å². The number of methoxy groups -OCH3 is 1. The van der Waals surface area contributed by atoms with Crippen LogP contribution >= 0.6 is 43.5 Å². The highest BCUT2D eigenvalue weighted by Gasteiger charge is 2.05. The Kier molecular flexibility index (Phi) is 5.13. The van der Waals surface area contributed by atoms with Crippen molar-refractivity contribution in [1.29, 1.82) is 0 Å². The molecule has 0 spiro atoms. The van der Waals surface area contributed by atoms with Gasteiger partial charge >= 0.3 is 0 Å². The van der Waals surface area contributed by atoms with Crippen molar-refractivity contribution in [1.82, 2.24) is 0 Å². The molecule has 2 aromatic carbocycles. The topological polar surface area (TPSA) is 21.3 Å². The van der Waals surface area contributed by atoms with Crippen LogP contribution in [0.4, 0.5) is 5.69 Å². The highest BCUT2D eigenvalue weighted by atomic mass is 79.9. The van der Waals surface area contributed by atoms with Crippen LogP contribution in [-0.2, 0) is 6.54 Å². The van der Waals surface area contributed by atoms with Crippen LogP contribution in [0.25, 0.3) is 0 Å². The van der Waals surface area contributed by atoms with Gasteiger partial charge in [0.1, 0.15) is 5.75 Å². The molecule has 2 rings (SSSR count). The summed E-state index contributed by atoms with van der Waals surface area (Å²) in [5, 5.41) is 4.04. The third kappa shape index (κ3) is 3.65. The van der Waals surface area contributed by atoms with E-state index in [2.05, 4.69) is 37.2 Å². The zero-order valence-electron chi connectivity index (χ0n) is 10.2. The van der Waals surface area contributed by atoms with Crippen LogP contribution < -0.4 is 10.1 Å². The lowest BCUT2D eigenvalue weighted by atomic mass is 10.2. The fraction of sp³-hybridized carbons (Fsp3) is 0.143. The summed E-state index contributed by atoms with van der Waals surface area (Å²) in [5.41, 5.74) is 2.12. The van der Waals surface area contributed by atoms with Gasteiger partial charge in [-0.05, 0) is 61.7 Å². The Bertz CT molecular complexity index is 590. The largest absolute Gasteiger partial charge is 0.496 e. The maximum Gasteiger partial charge on any atom is 0.133 e. The number of nitrogens with one attached hydrogen (secondary N) is 1. The zero-order chi connectivity index (χ0) is 13.8. The molecular weight excluding hydrogens is 393 g/mol. The van der Waals surface area contributed by atoms with E-state index in [1.807, 2.05) is 36.4 Å². The highest BCUT2D eigenvalue weighted by molar-refractivity contribution is 9.11. The van der Waals surface area contributed by atoms with Crippen LogP contribution in [0.1, 0.15) is 5.56 Å². The minimum absolute atomic E-state index is 0.695. The van der Waals surface area contributed by atoms with Gasteiger partial charge in [0.25, 0.3) is 0 Å². The summed E-state index contributed by atoms with van der Waals surface area (Å²) in [4.78, 5) is 0. The molecule has 5 heteroatoms. The average molecular weight is 406 g/mol. The van der Waals surface area contributed by atoms with Crippen molar-refractivity contribution in [2.75, 3.05) is 12.4 Å². The molecule has 0 bridgehead atoms. The molecule has 100 valence electrons. The smallest absolute Gasteiger partial charge is 0.133 e. The third-order valence-electron chi connectivity index (χ3n) is 2.65. The lowest BCUT2D eigenvalue weighted by Gasteiger charge is -2.11. The number of rotatable bonds is 4. The van der Waals surface area contributed by atoms with Crippen molar-refractivity contribution in [3.8, 4) is 5.75 Å². The maximum absolute atomic E-state index is 6.05. The van der Waals surface area contributed by atoms with Crippen molar-refractivity contribution in [2.45, 2.75) is 6.54 Å². The zero-order valence-corrected chi connectivity index (χ0v) is 14.1. The molecule has 19 heavy (non-hydrogen) atoms. The minimum atomic E-state index is 0.695. The molecule has 0 atom stereocenters. The number of benzene rings is 2. The second-order valence-electron chi connectivity index (χ2n) is 3.92. The Balaban J connectivity index is 2.10. The molecule has 0 fully saturated rings.